The first kappa shape index (κ1) is 19.1. The highest BCUT2D eigenvalue weighted by molar-refractivity contribution is 6.05. The van der Waals surface area contributed by atoms with E-state index in [1.807, 2.05) is 0 Å². The molecule has 7 heteroatoms. The first-order valence-corrected chi connectivity index (χ1v) is 8.92. The second-order valence-corrected chi connectivity index (χ2v) is 6.37. The van der Waals surface area contributed by atoms with E-state index in [1.54, 1.807) is 48.5 Å². The van der Waals surface area contributed by atoms with Crippen LogP contribution in [-0.2, 0) is 0 Å². The van der Waals surface area contributed by atoms with Crippen molar-refractivity contribution in [3.8, 4) is 22.6 Å². The third-order valence-electron chi connectivity index (χ3n) is 4.37. The van der Waals surface area contributed by atoms with Gasteiger partial charge in [0.05, 0.1) is 4.92 Å². The van der Waals surface area contributed by atoms with Crippen LogP contribution in [0.5, 0.6) is 0 Å². The highest BCUT2D eigenvalue weighted by Crippen LogP contribution is 2.26. The van der Waals surface area contributed by atoms with Gasteiger partial charge in [-0.15, -0.1) is 0 Å². The number of allylic oxidation sites excluding steroid dienone is 1. The number of nitro benzene ring substituents is 1. The van der Waals surface area contributed by atoms with E-state index in [0.717, 1.165) is 0 Å². The van der Waals surface area contributed by atoms with Crippen molar-refractivity contribution in [2.24, 2.45) is 0 Å². The van der Waals surface area contributed by atoms with Crippen LogP contribution in [0.2, 0.25) is 0 Å². The number of carbonyl (C=O) groups is 1. The van der Waals surface area contributed by atoms with Crippen LogP contribution in [0.4, 0.5) is 10.1 Å². The molecule has 2 aromatic carbocycles. The largest absolute Gasteiger partial charge is 0.457 e. The summed E-state index contributed by atoms with van der Waals surface area (Å²) in [5.74, 6) is 0.876. The molecule has 4 aromatic rings. The summed E-state index contributed by atoms with van der Waals surface area (Å²) < 4.78 is 24.3. The second kappa shape index (κ2) is 8.00. The average Bonchev–Trinajstić information content (AvgIpc) is 3.43. The molecule has 2 aromatic heterocycles. The highest BCUT2D eigenvalue weighted by Gasteiger charge is 2.11. The Labute approximate surface area is 170 Å². The molecule has 0 bridgehead atoms. The molecule has 0 saturated carbocycles. The van der Waals surface area contributed by atoms with E-state index in [2.05, 4.69) is 0 Å². The first-order valence-electron chi connectivity index (χ1n) is 8.92. The van der Waals surface area contributed by atoms with Crippen LogP contribution in [0.15, 0.2) is 87.7 Å². The van der Waals surface area contributed by atoms with Crippen molar-refractivity contribution >= 4 is 17.5 Å². The topological polar surface area (TPSA) is 86.5 Å². The number of carbonyl (C=O) groups excluding carboxylic acids is 1. The van der Waals surface area contributed by atoms with Crippen LogP contribution >= 0.6 is 0 Å². The van der Waals surface area contributed by atoms with E-state index in [-0.39, 0.29) is 23.0 Å². The summed E-state index contributed by atoms with van der Waals surface area (Å²) in [4.78, 5) is 22.6. The van der Waals surface area contributed by atoms with Gasteiger partial charge in [0.2, 0.25) is 5.78 Å². The van der Waals surface area contributed by atoms with E-state index >= 15 is 0 Å². The fraction of sp³-hybridized carbons (Fsp3) is 0. The number of furan rings is 2. The molecule has 30 heavy (non-hydrogen) atoms. The molecule has 2 heterocycles. The third kappa shape index (κ3) is 4.10. The van der Waals surface area contributed by atoms with Gasteiger partial charge in [-0.25, -0.2) is 4.39 Å². The molecular formula is C23H14FNO5. The van der Waals surface area contributed by atoms with Crippen LogP contribution in [0.25, 0.3) is 28.7 Å². The van der Waals surface area contributed by atoms with Gasteiger partial charge in [0.15, 0.2) is 5.76 Å². The molecule has 0 saturated heterocycles. The van der Waals surface area contributed by atoms with E-state index in [4.69, 9.17) is 8.83 Å². The fourth-order valence-electron chi connectivity index (χ4n) is 2.82. The number of rotatable bonds is 6. The van der Waals surface area contributed by atoms with Crippen molar-refractivity contribution in [2.45, 2.75) is 0 Å². The number of benzene rings is 2. The molecule has 0 aliphatic heterocycles. The second-order valence-electron chi connectivity index (χ2n) is 6.37. The van der Waals surface area contributed by atoms with Crippen LogP contribution in [0, 0.1) is 15.9 Å². The number of ketones is 1. The summed E-state index contributed by atoms with van der Waals surface area (Å²) in [5, 5.41) is 10.7. The number of nitro groups is 1. The zero-order valence-corrected chi connectivity index (χ0v) is 15.4. The SMILES string of the molecule is O=C(/C=C/c1ccc(-c2ccc([N+](=O)[O-])cc2)o1)c1ccc(-c2ccc(F)cc2)o1. The molecule has 0 radical (unpaired) electrons. The Hall–Kier alpha value is -4.26. The van der Waals surface area contributed by atoms with E-state index in [1.165, 1.54) is 36.4 Å². The number of nitrogens with zero attached hydrogens (tertiary/aromatic N) is 1. The molecular weight excluding hydrogens is 389 g/mol. The summed E-state index contributed by atoms with van der Waals surface area (Å²) >= 11 is 0. The van der Waals surface area contributed by atoms with Gasteiger partial charge in [-0.3, -0.25) is 14.9 Å². The lowest BCUT2D eigenvalue weighted by molar-refractivity contribution is -0.384. The molecule has 0 N–H and O–H groups in total. The predicted molar refractivity (Wildman–Crippen MR) is 108 cm³/mol. The van der Waals surface area contributed by atoms with Gasteiger partial charge < -0.3 is 8.83 Å². The van der Waals surface area contributed by atoms with Gasteiger partial charge in [0, 0.05) is 23.3 Å². The minimum absolute atomic E-state index is 0.00511. The lowest BCUT2D eigenvalue weighted by Gasteiger charge is -1.97. The van der Waals surface area contributed by atoms with Crippen molar-refractivity contribution in [3.63, 3.8) is 0 Å². The van der Waals surface area contributed by atoms with Crippen LogP contribution in [-0.4, -0.2) is 10.7 Å². The average molecular weight is 403 g/mol. The highest BCUT2D eigenvalue weighted by atomic mass is 19.1. The maximum Gasteiger partial charge on any atom is 0.269 e. The molecule has 148 valence electrons. The van der Waals surface area contributed by atoms with Crippen molar-refractivity contribution < 1.29 is 22.9 Å². The Morgan fingerprint density at radius 3 is 2.10 bits per heavy atom. The predicted octanol–water partition coefficient (Wildman–Crippen LogP) is 6.15. The molecule has 0 atom stereocenters. The van der Waals surface area contributed by atoms with Gasteiger partial charge in [-0.05, 0) is 72.8 Å². The summed E-state index contributed by atoms with van der Waals surface area (Å²) in [7, 11) is 0. The van der Waals surface area contributed by atoms with Crippen LogP contribution in [0.1, 0.15) is 16.3 Å². The van der Waals surface area contributed by atoms with Crippen molar-refractivity contribution in [1.82, 2.24) is 0 Å². The van der Waals surface area contributed by atoms with Gasteiger partial charge in [-0.2, -0.15) is 0 Å². The number of hydrogen-bond donors (Lipinski definition) is 0. The molecule has 6 nitrogen and oxygen atoms in total. The molecule has 0 amide bonds. The smallest absolute Gasteiger partial charge is 0.269 e. The Morgan fingerprint density at radius 2 is 1.43 bits per heavy atom. The van der Waals surface area contributed by atoms with E-state index < -0.39 is 4.92 Å². The third-order valence-corrected chi connectivity index (χ3v) is 4.37. The zero-order chi connectivity index (χ0) is 21.1. The minimum atomic E-state index is -0.470. The summed E-state index contributed by atoms with van der Waals surface area (Å²) in [6, 6.07) is 18.4. The monoisotopic (exact) mass is 403 g/mol. The minimum Gasteiger partial charge on any atom is -0.457 e. The summed E-state index contributed by atoms with van der Waals surface area (Å²) in [6.45, 7) is 0. The molecule has 4 rings (SSSR count). The van der Waals surface area contributed by atoms with Crippen molar-refractivity contribution in [2.75, 3.05) is 0 Å². The lowest BCUT2D eigenvalue weighted by atomic mass is 10.1. The van der Waals surface area contributed by atoms with Gasteiger partial charge in [-0.1, -0.05) is 0 Å². The number of non-ortho nitro benzene ring substituents is 1. The lowest BCUT2D eigenvalue weighted by Crippen LogP contribution is -1.90. The Kier molecular flexibility index (Phi) is 5.09. The number of hydrogen-bond acceptors (Lipinski definition) is 5. The molecule has 0 unspecified atom stereocenters. The maximum atomic E-state index is 13.0. The van der Waals surface area contributed by atoms with E-state index in [0.29, 0.717) is 28.4 Å². The molecule has 0 aliphatic rings. The quantitative estimate of drug-likeness (QED) is 0.167. The summed E-state index contributed by atoms with van der Waals surface area (Å²) in [6.07, 6.45) is 2.84. The zero-order valence-electron chi connectivity index (χ0n) is 15.4. The normalized spacial score (nSPS) is 11.1. The van der Waals surface area contributed by atoms with Gasteiger partial charge >= 0.3 is 0 Å². The van der Waals surface area contributed by atoms with Gasteiger partial charge in [0.25, 0.3) is 5.69 Å². The molecule has 0 aliphatic carbocycles. The van der Waals surface area contributed by atoms with Gasteiger partial charge in [0.1, 0.15) is 23.1 Å². The van der Waals surface area contributed by atoms with Crippen molar-refractivity contribution in [1.29, 1.82) is 0 Å². The Morgan fingerprint density at radius 1 is 0.833 bits per heavy atom. The van der Waals surface area contributed by atoms with Crippen LogP contribution in [0.3, 0.4) is 0 Å². The molecule has 0 spiro atoms. The molecule has 0 fully saturated rings. The first-order chi connectivity index (χ1) is 14.5. The van der Waals surface area contributed by atoms with E-state index in [9.17, 15) is 19.3 Å². The number of halogens is 1. The summed E-state index contributed by atoms with van der Waals surface area (Å²) in [5.41, 5.74) is 1.34. The fourth-order valence-corrected chi connectivity index (χ4v) is 2.82. The maximum absolute atomic E-state index is 13.0. The standard InChI is InChI=1S/C23H14FNO5/c24-17-5-1-15(2-6-17)22-13-14-23(30-22)20(26)11-9-19-10-12-21(29-19)16-3-7-18(8-4-16)25(27)28/h1-14H/b11-9+. The van der Waals surface area contributed by atoms with Crippen LogP contribution < -0.4 is 0 Å². The van der Waals surface area contributed by atoms with Crippen molar-refractivity contribution in [3.05, 3.63) is 106 Å². The Bertz CT molecular complexity index is 1230. The Balaban J connectivity index is 1.46.